The number of fused-ring (bicyclic) bond motifs is 2. The van der Waals surface area contributed by atoms with Gasteiger partial charge in [0.1, 0.15) is 11.0 Å². The molecule has 0 fully saturated rings. The molecule has 0 bridgehead atoms. The molecule has 0 spiro atoms. The van der Waals surface area contributed by atoms with Crippen LogP contribution in [0.5, 0.6) is 0 Å². The van der Waals surface area contributed by atoms with Crippen molar-refractivity contribution in [1.82, 2.24) is 40.0 Å². The number of benzene rings is 4. The number of sulfonamides is 2. The highest BCUT2D eigenvalue weighted by molar-refractivity contribution is 7.93. The average Bonchev–Trinajstić information content (AvgIpc) is 3.84. The molecule has 294 valence electrons. The third-order valence-corrected chi connectivity index (χ3v) is 11.8. The van der Waals surface area contributed by atoms with Gasteiger partial charge in [-0.2, -0.15) is 0 Å². The topological polar surface area (TPSA) is 223 Å². The summed E-state index contributed by atoms with van der Waals surface area (Å²) >= 11 is 12.3. The van der Waals surface area contributed by atoms with Crippen molar-refractivity contribution in [3.8, 4) is 11.4 Å². The van der Waals surface area contributed by atoms with Crippen molar-refractivity contribution in [3.63, 3.8) is 0 Å². The molecule has 0 aliphatic heterocycles. The Hall–Kier alpha value is -6.31. The van der Waals surface area contributed by atoms with Gasteiger partial charge < -0.3 is 5.73 Å². The molecule has 0 radical (unpaired) electrons. The number of pyridine rings is 2. The molecule has 4 heterocycles. The molecule has 4 aromatic heterocycles. The quantitative estimate of drug-likeness (QED) is 0.121. The molecule has 20 heteroatoms. The predicted octanol–water partition coefficient (Wildman–Crippen LogP) is 6.76. The average molecular weight is 857 g/mol. The first-order valence-electron chi connectivity index (χ1n) is 17.1. The van der Waals surface area contributed by atoms with Crippen molar-refractivity contribution in [2.24, 2.45) is 5.73 Å². The second-order valence-electron chi connectivity index (χ2n) is 12.7. The Morgan fingerprint density at radius 1 is 0.655 bits per heavy atom. The SMILES string of the molecule is CC(=O)c1ccc(S(=O)(=O)Nc2ccc(Cl)cc2-n2nnc3ncccc32)cc1.CC(N)c1ccc(S(=O)(=O)Nc2ccc(Cl)cc2-n2nnc3ncccc32)cc1. The van der Waals surface area contributed by atoms with E-state index in [1.807, 2.05) is 6.92 Å². The summed E-state index contributed by atoms with van der Waals surface area (Å²) in [4.78, 5) is 19.8. The van der Waals surface area contributed by atoms with Crippen LogP contribution in [0.3, 0.4) is 0 Å². The number of rotatable bonds is 10. The fraction of sp³-hybridized carbons (Fsp3) is 0.0789. The van der Waals surface area contributed by atoms with Gasteiger partial charge in [-0.3, -0.25) is 14.2 Å². The maximum atomic E-state index is 12.9. The molecule has 4 aromatic carbocycles. The predicted molar refractivity (Wildman–Crippen MR) is 220 cm³/mol. The summed E-state index contributed by atoms with van der Waals surface area (Å²) in [6.07, 6.45) is 3.20. The van der Waals surface area contributed by atoms with Crippen LogP contribution in [0.15, 0.2) is 131 Å². The van der Waals surface area contributed by atoms with E-state index in [1.165, 1.54) is 52.7 Å². The van der Waals surface area contributed by atoms with E-state index in [2.05, 4.69) is 40.0 Å². The lowest BCUT2D eigenvalue weighted by atomic mass is 10.1. The number of nitrogens with one attached hydrogen (secondary N) is 2. The van der Waals surface area contributed by atoms with Gasteiger partial charge in [0, 0.05) is 34.0 Å². The van der Waals surface area contributed by atoms with E-state index in [-0.39, 0.29) is 27.3 Å². The highest BCUT2D eigenvalue weighted by atomic mass is 35.5. The standard InChI is InChI=1S/C19H17ClN6O2S.C19H14ClN5O3S/c1-12(21)13-4-7-15(8-5-13)29(27,28)24-16-9-6-14(20)11-18(16)26-17-3-2-10-22-19(17)23-25-26;1-12(26)13-4-7-15(8-5-13)29(27,28)23-16-9-6-14(20)11-18(16)25-17-3-2-10-21-19(17)22-24-25/h2-12,24H,21H2,1H3;2-11,23H,1H3. The number of anilines is 2. The Balaban J connectivity index is 0.000000177. The van der Waals surface area contributed by atoms with Crippen molar-refractivity contribution in [2.45, 2.75) is 29.7 Å². The molecule has 0 saturated carbocycles. The first-order valence-corrected chi connectivity index (χ1v) is 20.9. The van der Waals surface area contributed by atoms with E-state index < -0.39 is 20.0 Å². The number of aromatic nitrogens is 8. The van der Waals surface area contributed by atoms with Crippen LogP contribution in [0.25, 0.3) is 33.7 Å². The normalized spacial score (nSPS) is 12.2. The van der Waals surface area contributed by atoms with Gasteiger partial charge in [0.05, 0.1) is 32.5 Å². The van der Waals surface area contributed by atoms with Crippen LogP contribution in [0.1, 0.15) is 35.8 Å². The number of nitrogens with zero attached hydrogens (tertiary/aromatic N) is 8. The zero-order chi connectivity index (χ0) is 41.2. The molecular formula is C38H31Cl2N11O5S2. The van der Waals surface area contributed by atoms with Gasteiger partial charge in [-0.15, -0.1) is 10.2 Å². The molecule has 0 saturated heterocycles. The second-order valence-corrected chi connectivity index (χ2v) is 16.9. The minimum Gasteiger partial charge on any atom is -0.324 e. The van der Waals surface area contributed by atoms with Crippen molar-refractivity contribution in [3.05, 3.63) is 143 Å². The van der Waals surface area contributed by atoms with Crippen molar-refractivity contribution in [1.29, 1.82) is 0 Å². The largest absolute Gasteiger partial charge is 0.324 e. The monoisotopic (exact) mass is 855 g/mol. The van der Waals surface area contributed by atoms with Crippen LogP contribution in [0.4, 0.5) is 11.4 Å². The van der Waals surface area contributed by atoms with Crippen LogP contribution < -0.4 is 15.2 Å². The maximum absolute atomic E-state index is 12.9. The van der Waals surface area contributed by atoms with Gasteiger partial charge in [-0.1, -0.05) is 57.9 Å². The number of carbonyl (C=O) groups excluding carboxylic acids is 1. The zero-order valence-corrected chi connectivity index (χ0v) is 33.5. The number of halogens is 2. The lowest BCUT2D eigenvalue weighted by molar-refractivity contribution is 0.101. The highest BCUT2D eigenvalue weighted by Crippen LogP contribution is 2.30. The second kappa shape index (κ2) is 16.3. The van der Waals surface area contributed by atoms with Gasteiger partial charge in [-0.25, -0.2) is 36.2 Å². The molecule has 8 rings (SSSR count). The van der Waals surface area contributed by atoms with E-state index in [0.717, 1.165) is 5.56 Å². The minimum absolute atomic E-state index is 0.0218. The van der Waals surface area contributed by atoms with Crippen molar-refractivity contribution in [2.75, 3.05) is 9.44 Å². The van der Waals surface area contributed by atoms with Gasteiger partial charge in [0.25, 0.3) is 20.0 Å². The van der Waals surface area contributed by atoms with E-state index >= 15 is 0 Å². The maximum Gasteiger partial charge on any atom is 0.261 e. The molecule has 16 nitrogen and oxygen atoms in total. The molecule has 1 atom stereocenters. The number of hydrogen-bond donors (Lipinski definition) is 3. The number of nitrogens with two attached hydrogens (primary N) is 1. The summed E-state index contributed by atoms with van der Waals surface area (Å²) in [5, 5.41) is 17.0. The van der Waals surface area contributed by atoms with Gasteiger partial charge >= 0.3 is 0 Å². The summed E-state index contributed by atoms with van der Waals surface area (Å²) in [5.41, 5.74) is 10.6. The minimum atomic E-state index is -3.92. The molecular weight excluding hydrogens is 826 g/mol. The smallest absolute Gasteiger partial charge is 0.261 e. The van der Waals surface area contributed by atoms with Crippen molar-refractivity contribution < 1.29 is 21.6 Å². The van der Waals surface area contributed by atoms with Gasteiger partial charge in [-0.05, 0) is 104 Å². The fourth-order valence-corrected chi connectivity index (χ4v) is 8.13. The van der Waals surface area contributed by atoms with Gasteiger partial charge in [0.15, 0.2) is 5.78 Å². The van der Waals surface area contributed by atoms with E-state index in [0.29, 0.717) is 55.0 Å². The Labute approximate surface area is 341 Å². The summed E-state index contributed by atoms with van der Waals surface area (Å²) in [6, 6.07) is 28.4. The summed E-state index contributed by atoms with van der Waals surface area (Å²) in [5.74, 6) is -0.145. The van der Waals surface area contributed by atoms with Crippen LogP contribution in [-0.4, -0.2) is 62.6 Å². The van der Waals surface area contributed by atoms with Crippen molar-refractivity contribution >= 4 is 82.7 Å². The Kier molecular flexibility index (Phi) is 11.2. The van der Waals surface area contributed by atoms with Crippen LogP contribution >= 0.6 is 23.2 Å². The first kappa shape index (κ1) is 39.9. The molecule has 0 amide bonds. The Morgan fingerprint density at radius 2 is 1.09 bits per heavy atom. The molecule has 0 aliphatic rings. The first-order chi connectivity index (χ1) is 27.7. The van der Waals surface area contributed by atoms with E-state index in [1.54, 1.807) is 85.2 Å². The number of hydrogen-bond acceptors (Lipinski definition) is 12. The third-order valence-electron chi connectivity index (χ3n) is 8.60. The molecule has 4 N–H and O–H groups in total. The molecule has 1 unspecified atom stereocenters. The Bertz CT molecular complexity index is 3030. The van der Waals surface area contributed by atoms with E-state index in [4.69, 9.17) is 28.9 Å². The summed E-state index contributed by atoms with van der Waals surface area (Å²) in [7, 11) is -7.76. The van der Waals surface area contributed by atoms with Gasteiger partial charge in [0.2, 0.25) is 11.3 Å². The Morgan fingerprint density at radius 3 is 1.50 bits per heavy atom. The lowest BCUT2D eigenvalue weighted by Crippen LogP contribution is -2.15. The number of carbonyl (C=O) groups is 1. The van der Waals surface area contributed by atoms with Crippen LogP contribution in [0.2, 0.25) is 10.0 Å². The molecule has 0 aliphatic carbocycles. The summed E-state index contributed by atoms with van der Waals surface area (Å²) in [6.45, 7) is 3.25. The lowest BCUT2D eigenvalue weighted by Gasteiger charge is -2.14. The van der Waals surface area contributed by atoms with E-state index in [9.17, 15) is 21.6 Å². The summed E-state index contributed by atoms with van der Waals surface area (Å²) < 4.78 is 59.7. The highest BCUT2D eigenvalue weighted by Gasteiger charge is 2.21. The zero-order valence-electron chi connectivity index (χ0n) is 30.4. The number of ketones is 1. The van der Waals surface area contributed by atoms with Crippen LogP contribution in [0, 0.1) is 0 Å². The van der Waals surface area contributed by atoms with Crippen LogP contribution in [-0.2, 0) is 20.0 Å². The molecule has 8 aromatic rings. The molecule has 58 heavy (non-hydrogen) atoms. The fourth-order valence-electron chi connectivity index (χ4n) is 5.65. The number of Topliss-reactive ketones (excluding diaryl/α,β-unsaturated/α-hetero) is 1. The third kappa shape index (κ3) is 8.50.